The van der Waals surface area contributed by atoms with Gasteiger partial charge < -0.3 is 15.2 Å². The van der Waals surface area contributed by atoms with Crippen LogP contribution in [0.5, 0.6) is 0 Å². The Kier molecular flexibility index (Phi) is 3.90. The molecule has 1 aliphatic rings. The van der Waals surface area contributed by atoms with Gasteiger partial charge >= 0.3 is 0 Å². The summed E-state index contributed by atoms with van der Waals surface area (Å²) in [6, 6.07) is 21.0. The summed E-state index contributed by atoms with van der Waals surface area (Å²) in [5.41, 5.74) is 5.76. The van der Waals surface area contributed by atoms with Crippen molar-refractivity contribution < 1.29 is 0 Å². The van der Waals surface area contributed by atoms with E-state index in [2.05, 4.69) is 82.6 Å². The van der Waals surface area contributed by atoms with Gasteiger partial charge in [-0.25, -0.2) is 4.98 Å². The van der Waals surface area contributed by atoms with Crippen LogP contribution in [0.3, 0.4) is 0 Å². The highest BCUT2D eigenvalue weighted by atomic mass is 15.1. The first kappa shape index (κ1) is 16.6. The number of aryl methyl sites for hydroxylation is 1. The number of hydrogen-bond acceptors (Lipinski definition) is 3. The third kappa shape index (κ3) is 2.65. The SMILES string of the molecule is CCn1c(-c2ccc3cccc4c3c2C=C(Nc2ccccc2)N4)cnc1C. The molecule has 138 valence electrons. The monoisotopic (exact) mass is 366 g/mol. The molecule has 4 heteroatoms. The smallest absolute Gasteiger partial charge is 0.108 e. The summed E-state index contributed by atoms with van der Waals surface area (Å²) in [6.07, 6.45) is 4.19. The topological polar surface area (TPSA) is 41.9 Å². The van der Waals surface area contributed by atoms with Crippen LogP contribution in [0, 0.1) is 6.92 Å². The van der Waals surface area contributed by atoms with Gasteiger partial charge in [0, 0.05) is 28.9 Å². The van der Waals surface area contributed by atoms with Crippen molar-refractivity contribution in [2.45, 2.75) is 20.4 Å². The molecule has 4 nitrogen and oxygen atoms in total. The number of anilines is 2. The normalized spacial score (nSPS) is 12.6. The molecule has 2 heterocycles. The second-order valence-electron chi connectivity index (χ2n) is 7.04. The summed E-state index contributed by atoms with van der Waals surface area (Å²) < 4.78 is 2.26. The molecule has 0 unspecified atom stereocenters. The van der Waals surface area contributed by atoms with E-state index >= 15 is 0 Å². The molecule has 0 spiro atoms. The van der Waals surface area contributed by atoms with Gasteiger partial charge in [-0.05, 0) is 49.1 Å². The third-order valence-electron chi connectivity index (χ3n) is 5.34. The molecule has 3 aromatic carbocycles. The summed E-state index contributed by atoms with van der Waals surface area (Å²) in [7, 11) is 0. The van der Waals surface area contributed by atoms with Crippen LogP contribution in [-0.4, -0.2) is 9.55 Å². The maximum Gasteiger partial charge on any atom is 0.108 e. The molecule has 0 aliphatic carbocycles. The van der Waals surface area contributed by atoms with Gasteiger partial charge in [-0.2, -0.15) is 0 Å². The van der Waals surface area contributed by atoms with Crippen LogP contribution >= 0.6 is 0 Å². The van der Waals surface area contributed by atoms with Crippen LogP contribution in [0.4, 0.5) is 11.4 Å². The van der Waals surface area contributed by atoms with E-state index in [-0.39, 0.29) is 0 Å². The standard InChI is InChI=1S/C24H22N4/c1-3-28-16(2)25-15-22(28)19-13-12-17-8-7-11-21-24(17)20(19)14-23(27-21)26-18-9-5-4-6-10-18/h4-15,26-27H,3H2,1-2H3. The number of aromatic nitrogens is 2. The van der Waals surface area contributed by atoms with Crippen molar-refractivity contribution in [3.8, 4) is 11.3 Å². The van der Waals surface area contributed by atoms with Gasteiger partial charge in [-0.3, -0.25) is 0 Å². The Hall–Kier alpha value is -3.53. The Morgan fingerprint density at radius 3 is 2.68 bits per heavy atom. The molecule has 2 N–H and O–H groups in total. The molecule has 0 fully saturated rings. The quantitative estimate of drug-likeness (QED) is 0.475. The fourth-order valence-corrected chi connectivity index (χ4v) is 4.04. The number of nitrogens with one attached hydrogen (secondary N) is 2. The molecule has 0 amide bonds. The first-order valence-electron chi connectivity index (χ1n) is 9.63. The van der Waals surface area contributed by atoms with E-state index in [1.807, 2.05) is 24.4 Å². The van der Waals surface area contributed by atoms with Crippen LogP contribution < -0.4 is 10.6 Å². The lowest BCUT2D eigenvalue weighted by Gasteiger charge is -2.23. The molecule has 1 aromatic heterocycles. The van der Waals surface area contributed by atoms with Crippen molar-refractivity contribution in [3.63, 3.8) is 0 Å². The van der Waals surface area contributed by atoms with E-state index in [1.165, 1.54) is 21.9 Å². The van der Waals surface area contributed by atoms with E-state index in [9.17, 15) is 0 Å². The highest BCUT2D eigenvalue weighted by Crippen LogP contribution is 2.39. The Morgan fingerprint density at radius 2 is 1.86 bits per heavy atom. The van der Waals surface area contributed by atoms with Crippen LogP contribution in [-0.2, 0) is 6.54 Å². The Balaban J connectivity index is 1.71. The van der Waals surface area contributed by atoms with E-state index < -0.39 is 0 Å². The summed E-state index contributed by atoms with van der Waals surface area (Å²) in [6.45, 7) is 5.12. The zero-order valence-electron chi connectivity index (χ0n) is 16.0. The van der Waals surface area contributed by atoms with Crippen LogP contribution in [0.2, 0.25) is 0 Å². The average molecular weight is 366 g/mol. The van der Waals surface area contributed by atoms with Crippen LogP contribution in [0.15, 0.2) is 72.7 Å². The van der Waals surface area contributed by atoms with Crippen molar-refractivity contribution in [2.75, 3.05) is 10.6 Å². The van der Waals surface area contributed by atoms with E-state index in [0.29, 0.717) is 0 Å². The maximum atomic E-state index is 4.56. The molecular weight excluding hydrogens is 344 g/mol. The molecule has 4 aromatic rings. The molecule has 28 heavy (non-hydrogen) atoms. The minimum absolute atomic E-state index is 0.900. The summed E-state index contributed by atoms with van der Waals surface area (Å²) >= 11 is 0. The summed E-state index contributed by atoms with van der Waals surface area (Å²) in [5, 5.41) is 9.54. The van der Waals surface area contributed by atoms with Crippen molar-refractivity contribution in [1.29, 1.82) is 0 Å². The maximum absolute atomic E-state index is 4.56. The van der Waals surface area contributed by atoms with Gasteiger partial charge in [0.15, 0.2) is 0 Å². The van der Waals surface area contributed by atoms with Crippen molar-refractivity contribution in [3.05, 3.63) is 84.1 Å². The van der Waals surface area contributed by atoms with Gasteiger partial charge in [-0.15, -0.1) is 0 Å². The van der Waals surface area contributed by atoms with Crippen molar-refractivity contribution in [1.82, 2.24) is 9.55 Å². The lowest BCUT2D eigenvalue weighted by molar-refractivity contribution is 0.737. The molecule has 5 rings (SSSR count). The highest BCUT2D eigenvalue weighted by molar-refractivity contribution is 6.07. The van der Waals surface area contributed by atoms with E-state index in [1.54, 1.807) is 0 Å². The van der Waals surface area contributed by atoms with Gasteiger partial charge in [0.05, 0.1) is 11.9 Å². The summed E-state index contributed by atoms with van der Waals surface area (Å²) in [4.78, 5) is 4.56. The first-order chi connectivity index (χ1) is 13.7. The molecule has 0 atom stereocenters. The number of para-hydroxylation sites is 1. The van der Waals surface area contributed by atoms with E-state index in [4.69, 9.17) is 0 Å². The zero-order valence-corrected chi connectivity index (χ0v) is 16.0. The van der Waals surface area contributed by atoms with Gasteiger partial charge in [0.1, 0.15) is 11.6 Å². The number of benzene rings is 3. The fourth-order valence-electron chi connectivity index (χ4n) is 4.04. The molecule has 0 bridgehead atoms. The lowest BCUT2D eigenvalue weighted by atomic mass is 9.93. The van der Waals surface area contributed by atoms with Crippen molar-refractivity contribution in [2.24, 2.45) is 0 Å². The van der Waals surface area contributed by atoms with Crippen molar-refractivity contribution >= 4 is 28.2 Å². The first-order valence-corrected chi connectivity index (χ1v) is 9.63. The minimum atomic E-state index is 0.900. The molecule has 0 saturated heterocycles. The summed E-state index contributed by atoms with van der Waals surface area (Å²) in [5.74, 6) is 2.01. The fraction of sp³-hybridized carbons (Fsp3) is 0.125. The van der Waals surface area contributed by atoms with Gasteiger partial charge in [0.2, 0.25) is 0 Å². The van der Waals surface area contributed by atoms with Crippen LogP contribution in [0.25, 0.3) is 28.1 Å². The van der Waals surface area contributed by atoms with Gasteiger partial charge in [0.25, 0.3) is 0 Å². The van der Waals surface area contributed by atoms with E-state index in [0.717, 1.165) is 35.3 Å². The Morgan fingerprint density at radius 1 is 1.00 bits per heavy atom. The molecule has 0 saturated carbocycles. The van der Waals surface area contributed by atoms with Crippen LogP contribution in [0.1, 0.15) is 18.3 Å². The molecule has 0 radical (unpaired) electrons. The number of nitrogens with zero attached hydrogens (tertiary/aromatic N) is 2. The Bertz CT molecular complexity index is 1200. The average Bonchev–Trinajstić information content (AvgIpc) is 3.09. The number of imidazole rings is 1. The number of hydrogen-bond donors (Lipinski definition) is 2. The minimum Gasteiger partial charge on any atom is -0.342 e. The second kappa shape index (κ2) is 6.57. The predicted molar refractivity (Wildman–Crippen MR) is 117 cm³/mol. The molecule has 1 aliphatic heterocycles. The predicted octanol–water partition coefficient (Wildman–Crippen LogP) is 5.87. The largest absolute Gasteiger partial charge is 0.342 e. The third-order valence-corrected chi connectivity index (χ3v) is 5.34. The Labute approximate surface area is 164 Å². The second-order valence-corrected chi connectivity index (χ2v) is 7.04. The number of rotatable bonds is 4. The highest BCUT2D eigenvalue weighted by Gasteiger charge is 2.19. The molecular formula is C24H22N4. The lowest BCUT2D eigenvalue weighted by Crippen LogP contribution is -2.13. The zero-order chi connectivity index (χ0) is 19.1. The van der Waals surface area contributed by atoms with Gasteiger partial charge in [-0.1, -0.05) is 42.5 Å².